The topological polar surface area (TPSA) is 96.4 Å². The molecule has 1 rings (SSSR count). The van der Waals surface area contributed by atoms with Gasteiger partial charge in [0.1, 0.15) is 0 Å². The van der Waals surface area contributed by atoms with Gasteiger partial charge in [0, 0.05) is 0 Å². The number of carboxylic acids is 1. The number of anilines is 1. The van der Waals surface area contributed by atoms with E-state index in [2.05, 4.69) is 9.71 Å². The van der Waals surface area contributed by atoms with Gasteiger partial charge in [-0.25, -0.2) is 8.42 Å². The molecular formula is C9H12N2O4S. The molecule has 0 saturated carbocycles. The number of carbonyl (C=O) groups is 1. The van der Waals surface area contributed by atoms with Gasteiger partial charge < -0.3 is 5.11 Å². The Morgan fingerprint density at radius 1 is 1.50 bits per heavy atom. The van der Waals surface area contributed by atoms with Crippen molar-refractivity contribution in [2.45, 2.75) is 13.3 Å². The van der Waals surface area contributed by atoms with Crippen molar-refractivity contribution in [3.8, 4) is 0 Å². The first-order valence-electron chi connectivity index (χ1n) is 4.60. The first kappa shape index (κ1) is 12.4. The molecule has 1 aromatic heterocycles. The highest BCUT2D eigenvalue weighted by Crippen LogP contribution is 2.08. The summed E-state index contributed by atoms with van der Waals surface area (Å²) in [6, 6.07) is 2.96. The van der Waals surface area contributed by atoms with Crippen LogP contribution in [0.4, 0.5) is 5.69 Å². The predicted molar refractivity (Wildman–Crippen MR) is 58.7 cm³/mol. The van der Waals surface area contributed by atoms with Gasteiger partial charge in [-0.1, -0.05) is 0 Å². The standard InChI is InChI=1S/C9H12N2O4S/c1-2-16(14,15)11-8-4-3-7(10-6-8)5-9(12)13/h3-4,6,11H,2,5H2,1H3,(H,12,13). The summed E-state index contributed by atoms with van der Waals surface area (Å²) >= 11 is 0. The minimum atomic E-state index is -3.31. The van der Waals surface area contributed by atoms with Gasteiger partial charge in [-0.2, -0.15) is 0 Å². The van der Waals surface area contributed by atoms with E-state index in [9.17, 15) is 13.2 Å². The SMILES string of the molecule is CCS(=O)(=O)Nc1ccc(CC(=O)O)nc1. The average Bonchev–Trinajstić information content (AvgIpc) is 2.20. The molecule has 0 atom stereocenters. The van der Waals surface area contributed by atoms with Crippen molar-refractivity contribution in [2.24, 2.45) is 0 Å². The molecule has 0 bridgehead atoms. The van der Waals surface area contributed by atoms with E-state index >= 15 is 0 Å². The second-order valence-corrected chi connectivity index (χ2v) is 5.13. The Hall–Kier alpha value is -1.63. The summed E-state index contributed by atoms with van der Waals surface area (Å²) in [4.78, 5) is 14.2. The lowest BCUT2D eigenvalue weighted by Crippen LogP contribution is -2.14. The molecule has 6 nitrogen and oxygen atoms in total. The van der Waals surface area contributed by atoms with E-state index in [-0.39, 0.29) is 12.2 Å². The number of nitrogens with one attached hydrogen (secondary N) is 1. The van der Waals surface area contributed by atoms with Crippen LogP contribution in [0, 0.1) is 0 Å². The van der Waals surface area contributed by atoms with Gasteiger partial charge in [0.25, 0.3) is 0 Å². The van der Waals surface area contributed by atoms with E-state index in [1.807, 2.05) is 0 Å². The van der Waals surface area contributed by atoms with Gasteiger partial charge in [0.2, 0.25) is 10.0 Å². The third-order valence-corrected chi connectivity index (χ3v) is 3.12. The maximum atomic E-state index is 11.2. The van der Waals surface area contributed by atoms with Crippen molar-refractivity contribution in [1.29, 1.82) is 0 Å². The van der Waals surface area contributed by atoms with E-state index in [1.54, 1.807) is 0 Å². The summed E-state index contributed by atoms with van der Waals surface area (Å²) in [5.41, 5.74) is 0.711. The Labute approximate surface area is 93.4 Å². The molecule has 0 radical (unpaired) electrons. The van der Waals surface area contributed by atoms with Gasteiger partial charge >= 0.3 is 5.97 Å². The minimum Gasteiger partial charge on any atom is -0.481 e. The zero-order valence-electron chi connectivity index (χ0n) is 8.67. The number of hydrogen-bond acceptors (Lipinski definition) is 4. The van der Waals surface area contributed by atoms with Crippen LogP contribution in [-0.4, -0.2) is 30.2 Å². The molecule has 0 aliphatic rings. The average molecular weight is 244 g/mol. The Morgan fingerprint density at radius 2 is 2.19 bits per heavy atom. The molecule has 88 valence electrons. The number of nitrogens with zero attached hydrogens (tertiary/aromatic N) is 1. The molecule has 0 saturated heterocycles. The van der Waals surface area contributed by atoms with Crippen molar-refractivity contribution < 1.29 is 18.3 Å². The first-order valence-corrected chi connectivity index (χ1v) is 6.25. The van der Waals surface area contributed by atoms with Crippen molar-refractivity contribution in [2.75, 3.05) is 10.5 Å². The van der Waals surface area contributed by atoms with Crippen molar-refractivity contribution in [3.63, 3.8) is 0 Å². The van der Waals surface area contributed by atoms with Crippen LogP contribution in [0.25, 0.3) is 0 Å². The molecule has 16 heavy (non-hydrogen) atoms. The molecular weight excluding hydrogens is 232 g/mol. The van der Waals surface area contributed by atoms with Gasteiger partial charge in [0.05, 0.1) is 29.8 Å². The fourth-order valence-electron chi connectivity index (χ4n) is 0.996. The number of rotatable bonds is 5. The number of pyridine rings is 1. The molecule has 0 amide bonds. The highest BCUT2D eigenvalue weighted by Gasteiger charge is 2.07. The van der Waals surface area contributed by atoms with Crippen LogP contribution < -0.4 is 4.72 Å². The normalized spacial score (nSPS) is 11.1. The number of aliphatic carboxylic acids is 1. The van der Waals surface area contributed by atoms with Crippen LogP contribution in [0.2, 0.25) is 0 Å². The second kappa shape index (κ2) is 4.93. The quantitative estimate of drug-likeness (QED) is 0.784. The molecule has 0 aliphatic heterocycles. The summed E-state index contributed by atoms with van der Waals surface area (Å²) in [6.45, 7) is 1.52. The summed E-state index contributed by atoms with van der Waals surface area (Å²) < 4.78 is 24.7. The maximum absolute atomic E-state index is 11.2. The van der Waals surface area contributed by atoms with E-state index in [0.717, 1.165) is 0 Å². The monoisotopic (exact) mass is 244 g/mol. The fourth-order valence-corrected chi connectivity index (χ4v) is 1.62. The summed E-state index contributed by atoms with van der Waals surface area (Å²) in [7, 11) is -3.31. The Kier molecular flexibility index (Phi) is 3.83. The minimum absolute atomic E-state index is 0.0239. The lowest BCUT2D eigenvalue weighted by molar-refractivity contribution is -0.136. The largest absolute Gasteiger partial charge is 0.481 e. The molecule has 0 aromatic carbocycles. The Morgan fingerprint density at radius 3 is 2.62 bits per heavy atom. The van der Waals surface area contributed by atoms with Crippen LogP contribution in [0.3, 0.4) is 0 Å². The van der Waals surface area contributed by atoms with Crippen LogP contribution in [0.5, 0.6) is 0 Å². The summed E-state index contributed by atoms with van der Waals surface area (Å²) in [5.74, 6) is -1.00. The van der Waals surface area contributed by atoms with Gasteiger partial charge in [0.15, 0.2) is 0 Å². The highest BCUT2D eigenvalue weighted by atomic mass is 32.2. The van der Waals surface area contributed by atoms with E-state index in [1.165, 1.54) is 25.3 Å². The van der Waals surface area contributed by atoms with Gasteiger partial charge in [-0.05, 0) is 19.1 Å². The first-order chi connectivity index (χ1) is 7.43. The fraction of sp³-hybridized carbons (Fsp3) is 0.333. The lowest BCUT2D eigenvalue weighted by Gasteiger charge is -2.05. The van der Waals surface area contributed by atoms with Crippen molar-refractivity contribution >= 4 is 21.7 Å². The van der Waals surface area contributed by atoms with Crippen LogP contribution in [-0.2, 0) is 21.2 Å². The zero-order chi connectivity index (χ0) is 12.2. The summed E-state index contributed by atoms with van der Waals surface area (Å²) in [5, 5.41) is 8.51. The number of aromatic nitrogens is 1. The third kappa shape index (κ3) is 3.85. The van der Waals surface area contributed by atoms with Crippen LogP contribution >= 0.6 is 0 Å². The van der Waals surface area contributed by atoms with Crippen LogP contribution in [0.15, 0.2) is 18.3 Å². The molecule has 0 fully saturated rings. The highest BCUT2D eigenvalue weighted by molar-refractivity contribution is 7.92. The number of hydrogen-bond donors (Lipinski definition) is 2. The molecule has 0 aliphatic carbocycles. The van der Waals surface area contributed by atoms with E-state index in [4.69, 9.17) is 5.11 Å². The molecule has 2 N–H and O–H groups in total. The Bertz CT molecular complexity index is 467. The molecule has 0 spiro atoms. The Balaban J connectivity index is 2.76. The number of sulfonamides is 1. The molecule has 1 aromatic rings. The molecule has 1 heterocycles. The molecule has 0 unspecified atom stereocenters. The predicted octanol–water partition coefficient (Wildman–Crippen LogP) is 0.470. The van der Waals surface area contributed by atoms with Crippen LogP contribution in [0.1, 0.15) is 12.6 Å². The van der Waals surface area contributed by atoms with Gasteiger partial charge in [-0.3, -0.25) is 14.5 Å². The summed E-state index contributed by atoms with van der Waals surface area (Å²) in [6.07, 6.45) is 1.12. The maximum Gasteiger partial charge on any atom is 0.309 e. The third-order valence-electron chi connectivity index (χ3n) is 1.81. The molecule has 7 heteroatoms. The zero-order valence-corrected chi connectivity index (χ0v) is 9.49. The smallest absolute Gasteiger partial charge is 0.309 e. The van der Waals surface area contributed by atoms with Gasteiger partial charge in [-0.15, -0.1) is 0 Å². The van der Waals surface area contributed by atoms with Crippen molar-refractivity contribution in [3.05, 3.63) is 24.0 Å². The second-order valence-electron chi connectivity index (χ2n) is 3.11. The lowest BCUT2D eigenvalue weighted by atomic mass is 10.3. The number of carboxylic acid groups (broad SMARTS) is 1. The van der Waals surface area contributed by atoms with Crippen molar-refractivity contribution in [1.82, 2.24) is 4.98 Å². The van der Waals surface area contributed by atoms with E-state index < -0.39 is 16.0 Å². The van der Waals surface area contributed by atoms with E-state index in [0.29, 0.717) is 11.4 Å².